The molecule has 2 atom stereocenters. The largest absolute Gasteiger partial charge is 0.492 e. The number of hydrogen-bond acceptors (Lipinski definition) is 6. The molecule has 0 radical (unpaired) electrons. The Balaban J connectivity index is 1.77. The summed E-state index contributed by atoms with van der Waals surface area (Å²) in [4.78, 5) is 20.8. The van der Waals surface area contributed by atoms with Crippen molar-refractivity contribution < 1.29 is 23.4 Å². The number of nitrogens with one attached hydrogen (secondary N) is 3. The predicted molar refractivity (Wildman–Crippen MR) is 125 cm³/mol. The van der Waals surface area contributed by atoms with E-state index in [0.717, 1.165) is 11.3 Å². The van der Waals surface area contributed by atoms with Crippen molar-refractivity contribution in [1.29, 1.82) is 0 Å². The van der Waals surface area contributed by atoms with Gasteiger partial charge < -0.3 is 29.8 Å². The van der Waals surface area contributed by atoms with E-state index in [4.69, 9.17) is 14.2 Å². The fraction of sp³-hybridized carbons (Fsp3) is 0.280. The molecule has 4 heterocycles. The minimum Gasteiger partial charge on any atom is -0.492 e. The molecule has 2 aliphatic rings. The predicted octanol–water partition coefficient (Wildman–Crippen LogP) is 4.15. The summed E-state index contributed by atoms with van der Waals surface area (Å²) in [6, 6.07) is 6.42. The van der Waals surface area contributed by atoms with Crippen molar-refractivity contribution in [3.63, 3.8) is 0 Å². The molecule has 0 aliphatic carbocycles. The van der Waals surface area contributed by atoms with Gasteiger partial charge in [0.2, 0.25) is 0 Å². The van der Waals surface area contributed by atoms with Crippen LogP contribution in [0.1, 0.15) is 28.9 Å². The molecule has 0 saturated heterocycles. The van der Waals surface area contributed by atoms with Crippen LogP contribution in [-0.4, -0.2) is 49.4 Å². The molecular weight excluding hydrogens is 439 g/mol. The normalized spacial score (nSPS) is 20.7. The average Bonchev–Trinajstić information content (AvgIpc) is 3.20. The smallest absolute Gasteiger partial charge is 0.255 e. The number of H-pyrrole nitrogens is 1. The van der Waals surface area contributed by atoms with Crippen LogP contribution >= 0.6 is 0 Å². The van der Waals surface area contributed by atoms with E-state index in [2.05, 4.69) is 20.6 Å². The van der Waals surface area contributed by atoms with Crippen LogP contribution in [0.4, 0.5) is 15.8 Å². The number of para-hydroxylation sites is 1. The lowest BCUT2D eigenvalue weighted by atomic mass is 9.89. The molecule has 1 amide bonds. The van der Waals surface area contributed by atoms with Gasteiger partial charge in [-0.05, 0) is 25.1 Å². The lowest BCUT2D eigenvalue weighted by Gasteiger charge is -2.26. The monoisotopic (exact) mass is 464 g/mol. The Labute approximate surface area is 196 Å². The molecule has 2 aliphatic heterocycles. The van der Waals surface area contributed by atoms with Crippen LogP contribution in [0.5, 0.6) is 11.5 Å². The summed E-state index contributed by atoms with van der Waals surface area (Å²) in [5.41, 5.74) is 4.52. The van der Waals surface area contributed by atoms with E-state index >= 15 is 0 Å². The molecular formula is C25H25FN4O4. The Morgan fingerprint density at radius 3 is 2.91 bits per heavy atom. The second-order valence-electron chi connectivity index (χ2n) is 8.24. The number of amides is 1. The van der Waals surface area contributed by atoms with Crippen LogP contribution in [0.3, 0.4) is 0 Å². The van der Waals surface area contributed by atoms with E-state index in [1.165, 1.54) is 13.2 Å². The number of fused-ring (bicyclic) bond motifs is 3. The Hall–Kier alpha value is -3.85. The molecule has 3 aromatic rings. The summed E-state index contributed by atoms with van der Waals surface area (Å²) in [6.07, 6.45) is 5.02. The fourth-order valence-electron chi connectivity index (χ4n) is 4.53. The number of hydrogen-bond donors (Lipinski definition) is 3. The molecule has 0 saturated carbocycles. The van der Waals surface area contributed by atoms with Gasteiger partial charge in [0, 0.05) is 37.0 Å². The van der Waals surface area contributed by atoms with Gasteiger partial charge >= 0.3 is 0 Å². The Morgan fingerprint density at radius 1 is 1.26 bits per heavy atom. The fourth-order valence-corrected chi connectivity index (χ4v) is 4.53. The van der Waals surface area contributed by atoms with Gasteiger partial charge in [0.25, 0.3) is 5.91 Å². The summed E-state index contributed by atoms with van der Waals surface area (Å²) >= 11 is 0. The van der Waals surface area contributed by atoms with Gasteiger partial charge in [-0.25, -0.2) is 4.39 Å². The number of nitrogens with zero attached hydrogens (tertiary/aromatic N) is 1. The molecule has 8 nitrogen and oxygen atoms in total. The number of ether oxygens (including phenoxy) is 3. The second kappa shape index (κ2) is 8.83. The quantitative estimate of drug-likeness (QED) is 0.502. The third-order valence-electron chi connectivity index (χ3n) is 6.26. The van der Waals surface area contributed by atoms with Crippen LogP contribution < -0.4 is 20.1 Å². The van der Waals surface area contributed by atoms with Gasteiger partial charge in [-0.3, -0.25) is 9.78 Å². The third kappa shape index (κ3) is 3.67. The van der Waals surface area contributed by atoms with Crippen molar-refractivity contribution >= 4 is 17.3 Å². The number of aromatic amines is 1. The lowest BCUT2D eigenvalue weighted by Crippen LogP contribution is -2.35. The van der Waals surface area contributed by atoms with Crippen molar-refractivity contribution in [3.05, 3.63) is 65.4 Å². The van der Waals surface area contributed by atoms with Crippen molar-refractivity contribution in [2.24, 2.45) is 0 Å². The molecule has 34 heavy (non-hydrogen) atoms. The first-order valence-electron chi connectivity index (χ1n) is 10.9. The summed E-state index contributed by atoms with van der Waals surface area (Å²) in [5, 5.41) is 6.25. The highest BCUT2D eigenvalue weighted by Crippen LogP contribution is 2.45. The van der Waals surface area contributed by atoms with Crippen LogP contribution in [-0.2, 0) is 4.74 Å². The molecule has 5 rings (SSSR count). The maximum atomic E-state index is 14.4. The zero-order valence-corrected chi connectivity index (χ0v) is 19.1. The molecule has 0 fully saturated rings. The Morgan fingerprint density at radius 2 is 2.12 bits per heavy atom. The first kappa shape index (κ1) is 22.0. The minimum atomic E-state index is -0.507. The summed E-state index contributed by atoms with van der Waals surface area (Å²) in [5.74, 6) is -0.244. The number of rotatable bonds is 4. The molecule has 2 bridgehead atoms. The van der Waals surface area contributed by atoms with Crippen LogP contribution in [0.25, 0.3) is 11.3 Å². The van der Waals surface area contributed by atoms with E-state index < -0.39 is 5.82 Å². The number of halogens is 1. The topological polar surface area (TPSA) is 97.5 Å². The molecule has 176 valence electrons. The first-order chi connectivity index (χ1) is 16.5. The zero-order chi connectivity index (χ0) is 23.8. The number of carbonyl (C=O) groups excluding carboxylic acids is 1. The van der Waals surface area contributed by atoms with Gasteiger partial charge in [0.1, 0.15) is 18.5 Å². The molecule has 9 heteroatoms. The number of methoxy groups -OCH3 is 2. The zero-order valence-electron chi connectivity index (χ0n) is 19.1. The number of pyridine rings is 1. The third-order valence-corrected chi connectivity index (χ3v) is 6.26. The summed E-state index contributed by atoms with van der Waals surface area (Å²) in [6.45, 7) is 2.75. The number of benzene rings is 1. The van der Waals surface area contributed by atoms with Crippen molar-refractivity contribution in [2.45, 2.75) is 18.9 Å². The molecule has 0 unspecified atom stereocenters. The number of anilines is 2. The van der Waals surface area contributed by atoms with Gasteiger partial charge in [0.05, 0.1) is 35.9 Å². The SMILES string of the molecule is COc1c(F)cccc1Nc1c2[nH]c3c1C(=O)NC[C@@H]3/C(C)=C\[C@H](OC)COc1cnccc1-2. The Bertz CT molecular complexity index is 1290. The van der Waals surface area contributed by atoms with E-state index in [9.17, 15) is 9.18 Å². The van der Waals surface area contributed by atoms with E-state index in [-0.39, 0.29) is 23.7 Å². The lowest BCUT2D eigenvalue weighted by molar-refractivity contribution is 0.0906. The number of carbonyl (C=O) groups is 1. The highest BCUT2D eigenvalue weighted by molar-refractivity contribution is 6.07. The highest BCUT2D eigenvalue weighted by atomic mass is 19.1. The van der Waals surface area contributed by atoms with Crippen molar-refractivity contribution in [2.75, 3.05) is 32.7 Å². The van der Waals surface area contributed by atoms with Crippen LogP contribution in [0.15, 0.2) is 48.3 Å². The van der Waals surface area contributed by atoms with E-state index in [1.807, 2.05) is 19.1 Å². The first-order valence-corrected chi connectivity index (χ1v) is 10.9. The van der Waals surface area contributed by atoms with Crippen LogP contribution in [0.2, 0.25) is 0 Å². The molecule has 0 spiro atoms. The Kier molecular flexibility index (Phi) is 5.70. The van der Waals surface area contributed by atoms with Gasteiger partial charge in [-0.15, -0.1) is 0 Å². The van der Waals surface area contributed by atoms with Crippen LogP contribution in [0, 0.1) is 5.82 Å². The molecule has 2 aromatic heterocycles. The minimum absolute atomic E-state index is 0.0579. The van der Waals surface area contributed by atoms with Crippen molar-refractivity contribution in [1.82, 2.24) is 15.3 Å². The standard InChI is InChI=1S/C25H25FN4O4/c1-13-9-14(32-2)12-34-19-11-27-8-7-15(19)22-23(20-21(30-22)16(13)10-28-25(20)31)29-18-6-4-5-17(26)24(18)33-3/h4-9,11,14,16,29-30H,10,12H2,1-3H3,(H,28,31)/b13-9-/t14-,16+/m0/s1. The van der Waals surface area contributed by atoms with E-state index in [1.54, 1.807) is 31.6 Å². The number of aromatic nitrogens is 2. The van der Waals surface area contributed by atoms with Gasteiger partial charge in [0.15, 0.2) is 11.6 Å². The van der Waals surface area contributed by atoms with E-state index in [0.29, 0.717) is 47.1 Å². The maximum Gasteiger partial charge on any atom is 0.255 e. The second-order valence-corrected chi connectivity index (χ2v) is 8.24. The van der Waals surface area contributed by atoms with Gasteiger partial charge in [-0.2, -0.15) is 0 Å². The average molecular weight is 464 g/mol. The van der Waals surface area contributed by atoms with Gasteiger partial charge in [-0.1, -0.05) is 17.7 Å². The molecule has 3 N–H and O–H groups in total. The highest BCUT2D eigenvalue weighted by Gasteiger charge is 2.35. The maximum absolute atomic E-state index is 14.4. The molecule has 1 aromatic carbocycles. The summed E-state index contributed by atoms with van der Waals surface area (Å²) < 4.78 is 31.4. The summed E-state index contributed by atoms with van der Waals surface area (Å²) in [7, 11) is 3.04. The van der Waals surface area contributed by atoms with Crippen molar-refractivity contribution in [3.8, 4) is 22.8 Å².